The van der Waals surface area contributed by atoms with Gasteiger partial charge in [0, 0.05) is 12.6 Å². The lowest BCUT2D eigenvalue weighted by molar-refractivity contribution is -0.118. The Hall–Kier alpha value is -2.04. The zero-order valence-electron chi connectivity index (χ0n) is 10.7. The van der Waals surface area contributed by atoms with Crippen LogP contribution in [0, 0.1) is 0 Å². The van der Waals surface area contributed by atoms with Crippen molar-refractivity contribution in [3.05, 3.63) is 23.8 Å². The van der Waals surface area contributed by atoms with Gasteiger partial charge >= 0.3 is 0 Å². The topological polar surface area (TPSA) is 67.4 Å². The molecule has 0 aliphatic carbocycles. The molecular weight excluding hydrogens is 232 g/mol. The van der Waals surface area contributed by atoms with Gasteiger partial charge in [0.05, 0.1) is 12.1 Å². The van der Waals surface area contributed by atoms with Gasteiger partial charge in [-0.15, -0.1) is 0 Å². The van der Waals surface area contributed by atoms with E-state index in [2.05, 4.69) is 10.6 Å². The van der Waals surface area contributed by atoms with Crippen LogP contribution in [0.25, 0.3) is 0 Å². The third kappa shape index (κ3) is 2.45. The maximum atomic E-state index is 11.7. The molecule has 0 unspecified atom stereocenters. The normalized spacial score (nSPS) is 16.9. The van der Waals surface area contributed by atoms with Crippen molar-refractivity contribution < 1.29 is 14.3 Å². The van der Waals surface area contributed by atoms with Crippen LogP contribution in [0.1, 0.15) is 30.6 Å². The Balaban J connectivity index is 2.41. The van der Waals surface area contributed by atoms with Crippen LogP contribution in [0.15, 0.2) is 18.2 Å². The van der Waals surface area contributed by atoms with E-state index < -0.39 is 5.60 Å². The van der Waals surface area contributed by atoms with E-state index in [9.17, 15) is 9.59 Å². The quantitative estimate of drug-likeness (QED) is 0.792. The van der Waals surface area contributed by atoms with E-state index in [0.29, 0.717) is 17.0 Å². The third-order valence-corrected chi connectivity index (χ3v) is 2.72. The smallest absolute Gasteiger partial charge is 0.251 e. The molecule has 5 nitrogen and oxygen atoms in total. The molecule has 0 saturated carbocycles. The minimum Gasteiger partial charge on any atom is -0.485 e. The molecule has 18 heavy (non-hydrogen) atoms. The maximum Gasteiger partial charge on any atom is 0.251 e. The Kier molecular flexibility index (Phi) is 2.98. The monoisotopic (exact) mass is 248 g/mol. The number of rotatable bonds is 1. The lowest BCUT2D eigenvalue weighted by Crippen LogP contribution is -2.30. The Morgan fingerprint density at radius 3 is 2.83 bits per heavy atom. The van der Waals surface area contributed by atoms with Gasteiger partial charge in [0.2, 0.25) is 5.91 Å². The van der Waals surface area contributed by atoms with Gasteiger partial charge in [-0.05, 0) is 32.0 Å². The van der Waals surface area contributed by atoms with Gasteiger partial charge in [-0.3, -0.25) is 9.59 Å². The van der Waals surface area contributed by atoms with Crippen LogP contribution in [0.5, 0.6) is 5.75 Å². The highest BCUT2D eigenvalue weighted by Gasteiger charge is 2.29. The first-order valence-corrected chi connectivity index (χ1v) is 5.76. The molecule has 0 bridgehead atoms. The second-order valence-electron chi connectivity index (χ2n) is 4.88. The van der Waals surface area contributed by atoms with Crippen LogP contribution in [0.3, 0.4) is 0 Å². The van der Waals surface area contributed by atoms with Gasteiger partial charge in [0.15, 0.2) is 0 Å². The highest BCUT2D eigenvalue weighted by Crippen LogP contribution is 2.33. The number of amides is 2. The number of nitrogens with one attached hydrogen (secondary N) is 2. The summed E-state index contributed by atoms with van der Waals surface area (Å²) in [7, 11) is 1.56. The van der Waals surface area contributed by atoms with Crippen molar-refractivity contribution in [2.24, 2.45) is 0 Å². The van der Waals surface area contributed by atoms with E-state index in [1.165, 1.54) is 0 Å². The highest BCUT2D eigenvalue weighted by atomic mass is 16.5. The average Bonchev–Trinajstić information content (AvgIpc) is 2.40. The predicted octanol–water partition coefficient (Wildman–Crippen LogP) is 1.55. The van der Waals surface area contributed by atoms with Crippen LogP contribution in [0.2, 0.25) is 0 Å². The summed E-state index contributed by atoms with van der Waals surface area (Å²) in [5, 5.41) is 5.29. The van der Waals surface area contributed by atoms with E-state index in [0.717, 1.165) is 0 Å². The minimum atomic E-state index is -0.552. The molecule has 2 amide bonds. The van der Waals surface area contributed by atoms with Crippen LogP contribution in [-0.2, 0) is 4.79 Å². The Labute approximate surface area is 106 Å². The molecule has 0 spiro atoms. The summed E-state index contributed by atoms with van der Waals surface area (Å²) in [6.07, 6.45) is 0.275. The van der Waals surface area contributed by atoms with Crippen LogP contribution in [-0.4, -0.2) is 24.5 Å². The van der Waals surface area contributed by atoms with Gasteiger partial charge in [-0.2, -0.15) is 0 Å². The van der Waals surface area contributed by atoms with E-state index in [4.69, 9.17) is 4.74 Å². The largest absolute Gasteiger partial charge is 0.485 e. The first-order chi connectivity index (χ1) is 8.41. The van der Waals surface area contributed by atoms with Crippen molar-refractivity contribution >= 4 is 17.5 Å². The molecule has 1 aromatic rings. The third-order valence-electron chi connectivity index (χ3n) is 2.72. The Bertz CT molecular complexity index is 509. The first-order valence-electron chi connectivity index (χ1n) is 5.76. The fourth-order valence-electron chi connectivity index (χ4n) is 1.92. The molecule has 1 heterocycles. The molecule has 5 heteroatoms. The number of hydrogen-bond donors (Lipinski definition) is 2. The second-order valence-corrected chi connectivity index (χ2v) is 4.88. The summed E-state index contributed by atoms with van der Waals surface area (Å²) < 4.78 is 5.77. The number of anilines is 1. The van der Waals surface area contributed by atoms with E-state index in [1.807, 2.05) is 13.8 Å². The summed E-state index contributed by atoms with van der Waals surface area (Å²) in [4.78, 5) is 23.2. The molecule has 2 N–H and O–H groups in total. The summed E-state index contributed by atoms with van der Waals surface area (Å²) in [6.45, 7) is 3.71. The molecule has 0 saturated heterocycles. The standard InChI is InChI=1S/C13H16N2O3/c1-13(2)7-11(16)15-9-6-8(12(17)14-3)4-5-10(9)18-13/h4-6H,7H2,1-3H3,(H,14,17)(H,15,16). The molecule has 1 aliphatic heterocycles. The molecule has 0 aromatic heterocycles. The van der Waals surface area contributed by atoms with Gasteiger partial charge in [0.25, 0.3) is 5.91 Å². The minimum absolute atomic E-state index is 0.118. The van der Waals surface area contributed by atoms with Crippen LogP contribution >= 0.6 is 0 Å². The first kappa shape index (κ1) is 12.4. The average molecular weight is 248 g/mol. The Morgan fingerprint density at radius 1 is 1.44 bits per heavy atom. The summed E-state index contributed by atoms with van der Waals surface area (Å²) in [5.74, 6) is 0.266. The van der Waals surface area contributed by atoms with Crippen molar-refractivity contribution in [1.29, 1.82) is 0 Å². The number of fused-ring (bicyclic) bond motifs is 1. The second kappa shape index (κ2) is 4.33. The van der Waals surface area contributed by atoms with Crippen LogP contribution in [0.4, 0.5) is 5.69 Å². The van der Waals surface area contributed by atoms with Crippen molar-refractivity contribution in [2.75, 3.05) is 12.4 Å². The molecule has 1 aliphatic rings. The summed E-state index contributed by atoms with van der Waals surface area (Å²) >= 11 is 0. The van der Waals surface area contributed by atoms with Gasteiger partial charge in [-0.25, -0.2) is 0 Å². The molecule has 2 rings (SSSR count). The fraction of sp³-hybridized carbons (Fsp3) is 0.385. The van der Waals surface area contributed by atoms with Crippen LogP contribution < -0.4 is 15.4 Å². The number of hydrogen-bond acceptors (Lipinski definition) is 3. The van der Waals surface area contributed by atoms with Gasteiger partial charge < -0.3 is 15.4 Å². The van der Waals surface area contributed by atoms with Crippen molar-refractivity contribution in [3.63, 3.8) is 0 Å². The lowest BCUT2D eigenvalue weighted by atomic mass is 10.1. The lowest BCUT2D eigenvalue weighted by Gasteiger charge is -2.23. The fourth-order valence-corrected chi connectivity index (χ4v) is 1.92. The number of carbonyl (C=O) groups excluding carboxylic acids is 2. The molecule has 1 aromatic carbocycles. The SMILES string of the molecule is CNC(=O)c1ccc2c(c1)NC(=O)CC(C)(C)O2. The van der Waals surface area contributed by atoms with Crippen molar-refractivity contribution in [1.82, 2.24) is 5.32 Å². The van der Waals surface area contributed by atoms with E-state index in [1.54, 1.807) is 25.2 Å². The molecule has 0 fully saturated rings. The van der Waals surface area contributed by atoms with Gasteiger partial charge in [-0.1, -0.05) is 0 Å². The number of ether oxygens (including phenoxy) is 1. The zero-order valence-corrected chi connectivity index (χ0v) is 10.7. The number of benzene rings is 1. The summed E-state index contributed by atoms with van der Waals surface area (Å²) in [5.41, 5.74) is 0.468. The van der Waals surface area contributed by atoms with Gasteiger partial charge in [0.1, 0.15) is 11.4 Å². The number of carbonyl (C=O) groups is 2. The van der Waals surface area contributed by atoms with Crippen molar-refractivity contribution in [2.45, 2.75) is 25.9 Å². The predicted molar refractivity (Wildman–Crippen MR) is 67.8 cm³/mol. The highest BCUT2D eigenvalue weighted by molar-refractivity contribution is 5.98. The summed E-state index contributed by atoms with van der Waals surface area (Å²) in [6, 6.07) is 4.99. The molecule has 96 valence electrons. The van der Waals surface area contributed by atoms with E-state index in [-0.39, 0.29) is 18.2 Å². The van der Waals surface area contributed by atoms with E-state index >= 15 is 0 Å². The maximum absolute atomic E-state index is 11.7. The zero-order chi connectivity index (χ0) is 13.3. The molecule has 0 radical (unpaired) electrons. The Morgan fingerprint density at radius 2 is 2.17 bits per heavy atom. The van der Waals surface area contributed by atoms with Crippen molar-refractivity contribution in [3.8, 4) is 5.75 Å². The molecule has 0 atom stereocenters. The molecular formula is C13H16N2O3.